The molecule has 20 heavy (non-hydrogen) atoms. The molecule has 0 saturated carbocycles. The van der Waals surface area contributed by atoms with Crippen LogP contribution in [0.1, 0.15) is 12.5 Å². The molecule has 0 aliphatic heterocycles. The van der Waals surface area contributed by atoms with Crippen molar-refractivity contribution in [2.24, 2.45) is 5.73 Å². The van der Waals surface area contributed by atoms with Crippen LogP contribution in [-0.2, 0) is 11.2 Å². The predicted molar refractivity (Wildman–Crippen MR) is 82.4 cm³/mol. The van der Waals surface area contributed by atoms with E-state index in [-0.39, 0.29) is 5.91 Å². The lowest BCUT2D eigenvalue weighted by Crippen LogP contribution is -2.43. The molecule has 1 aromatic heterocycles. The molecule has 0 bridgehead atoms. The fraction of sp³-hybridized carbons (Fsp3) is 0.312. The first kappa shape index (κ1) is 14.3. The highest BCUT2D eigenvalue weighted by molar-refractivity contribution is 5.86. The molecule has 0 spiro atoms. The molecule has 1 amide bonds. The van der Waals surface area contributed by atoms with Crippen LogP contribution in [0, 0.1) is 0 Å². The minimum Gasteiger partial charge on any atom is -0.361 e. The number of hydrogen-bond donors (Lipinski definition) is 2. The molecule has 0 aliphatic carbocycles. The van der Waals surface area contributed by atoms with E-state index in [1.54, 1.807) is 11.9 Å². The van der Waals surface area contributed by atoms with Gasteiger partial charge in [0.05, 0.1) is 6.04 Å². The summed E-state index contributed by atoms with van der Waals surface area (Å²) in [5.41, 5.74) is 9.13. The van der Waals surface area contributed by atoms with E-state index in [2.05, 4.69) is 11.6 Å². The second kappa shape index (κ2) is 5.92. The molecule has 4 nitrogen and oxygen atoms in total. The van der Waals surface area contributed by atoms with Crippen LogP contribution >= 0.6 is 0 Å². The highest BCUT2D eigenvalue weighted by Gasteiger charge is 2.19. The minimum atomic E-state index is -0.529. The lowest BCUT2D eigenvalue weighted by atomic mass is 10.0. The molecule has 106 valence electrons. The van der Waals surface area contributed by atoms with E-state index in [9.17, 15) is 4.79 Å². The third kappa shape index (κ3) is 3.08. The molecule has 0 aliphatic rings. The van der Waals surface area contributed by atoms with Crippen molar-refractivity contribution in [1.82, 2.24) is 9.88 Å². The average molecular weight is 271 g/mol. The maximum absolute atomic E-state index is 12.2. The van der Waals surface area contributed by atoms with Gasteiger partial charge in [0.1, 0.15) is 0 Å². The Labute approximate surface area is 119 Å². The maximum atomic E-state index is 12.2. The Morgan fingerprint density at radius 1 is 1.45 bits per heavy atom. The van der Waals surface area contributed by atoms with Gasteiger partial charge < -0.3 is 15.6 Å². The van der Waals surface area contributed by atoms with Gasteiger partial charge in [-0.15, -0.1) is 0 Å². The molecule has 0 saturated heterocycles. The zero-order valence-corrected chi connectivity index (χ0v) is 12.0. The number of para-hydroxylation sites is 1. The second-order valence-corrected chi connectivity index (χ2v) is 5.32. The number of aromatic nitrogens is 1. The Morgan fingerprint density at radius 2 is 2.15 bits per heavy atom. The van der Waals surface area contributed by atoms with Gasteiger partial charge in [0.15, 0.2) is 0 Å². The van der Waals surface area contributed by atoms with Crippen LogP contribution in [0.3, 0.4) is 0 Å². The highest BCUT2D eigenvalue weighted by atomic mass is 16.2. The number of benzene rings is 1. The summed E-state index contributed by atoms with van der Waals surface area (Å²) >= 11 is 0. The number of aromatic amines is 1. The molecule has 1 aromatic carbocycles. The van der Waals surface area contributed by atoms with Crippen LogP contribution in [0.5, 0.6) is 0 Å². The van der Waals surface area contributed by atoms with E-state index < -0.39 is 6.04 Å². The summed E-state index contributed by atoms with van der Waals surface area (Å²) in [6, 6.07) is 7.49. The fourth-order valence-corrected chi connectivity index (χ4v) is 2.39. The summed E-state index contributed by atoms with van der Waals surface area (Å²) in [5, 5.41) is 1.12. The van der Waals surface area contributed by atoms with E-state index in [0.717, 1.165) is 22.0 Å². The minimum absolute atomic E-state index is 0.0571. The van der Waals surface area contributed by atoms with Crippen LogP contribution in [0.2, 0.25) is 0 Å². The Morgan fingerprint density at radius 3 is 2.85 bits per heavy atom. The standard InChI is InChI=1S/C16H21N3O/c1-11(2)10-19(3)16(20)14(17)8-12-9-18-15-7-5-4-6-13(12)15/h4-7,9,14,18H,1,8,10,17H2,2-3H3/t14-/m1/s1. The summed E-state index contributed by atoms with van der Waals surface area (Å²) in [4.78, 5) is 17.0. The first-order valence-corrected chi connectivity index (χ1v) is 6.69. The van der Waals surface area contributed by atoms with Crippen molar-refractivity contribution in [3.63, 3.8) is 0 Å². The van der Waals surface area contributed by atoms with Crippen LogP contribution in [0.4, 0.5) is 0 Å². The molecule has 2 rings (SSSR count). The van der Waals surface area contributed by atoms with Gasteiger partial charge in [-0.3, -0.25) is 4.79 Å². The van der Waals surface area contributed by atoms with Crippen LogP contribution < -0.4 is 5.73 Å². The molecule has 4 heteroatoms. The lowest BCUT2D eigenvalue weighted by molar-refractivity contribution is -0.130. The Hall–Kier alpha value is -2.07. The first-order chi connectivity index (χ1) is 9.49. The lowest BCUT2D eigenvalue weighted by Gasteiger charge is -2.21. The summed E-state index contributed by atoms with van der Waals surface area (Å²) in [7, 11) is 1.76. The molecule has 1 heterocycles. The van der Waals surface area contributed by atoms with Crippen molar-refractivity contribution in [1.29, 1.82) is 0 Å². The number of nitrogens with two attached hydrogens (primary N) is 1. The molecule has 0 radical (unpaired) electrons. The summed E-state index contributed by atoms with van der Waals surface area (Å²) in [6.07, 6.45) is 2.46. The van der Waals surface area contributed by atoms with Crippen molar-refractivity contribution in [3.05, 3.63) is 48.2 Å². The van der Waals surface area contributed by atoms with Crippen molar-refractivity contribution >= 4 is 16.8 Å². The summed E-state index contributed by atoms with van der Waals surface area (Å²) < 4.78 is 0. The Balaban J connectivity index is 2.09. The quantitative estimate of drug-likeness (QED) is 0.818. The molecule has 0 unspecified atom stereocenters. The first-order valence-electron chi connectivity index (χ1n) is 6.69. The topological polar surface area (TPSA) is 62.1 Å². The van der Waals surface area contributed by atoms with Gasteiger partial charge in [0, 0.05) is 30.7 Å². The van der Waals surface area contributed by atoms with Crippen LogP contribution in [0.15, 0.2) is 42.6 Å². The van der Waals surface area contributed by atoms with Crippen LogP contribution in [-0.4, -0.2) is 35.4 Å². The van der Waals surface area contributed by atoms with Crippen LogP contribution in [0.25, 0.3) is 10.9 Å². The fourth-order valence-electron chi connectivity index (χ4n) is 2.39. The van der Waals surface area contributed by atoms with Gasteiger partial charge in [-0.25, -0.2) is 0 Å². The van der Waals surface area contributed by atoms with Gasteiger partial charge in [0.2, 0.25) is 5.91 Å². The SMILES string of the molecule is C=C(C)CN(C)C(=O)[C@H](N)Cc1c[nH]c2ccccc12. The van der Waals surface area contributed by atoms with Crippen molar-refractivity contribution in [3.8, 4) is 0 Å². The van der Waals surface area contributed by atoms with E-state index >= 15 is 0 Å². The highest BCUT2D eigenvalue weighted by Crippen LogP contribution is 2.19. The predicted octanol–water partition coefficient (Wildman–Crippen LogP) is 2.07. The molecule has 1 atom stereocenters. The number of nitrogens with one attached hydrogen (secondary N) is 1. The van der Waals surface area contributed by atoms with Crippen molar-refractivity contribution in [2.75, 3.05) is 13.6 Å². The molecule has 0 fully saturated rings. The smallest absolute Gasteiger partial charge is 0.239 e. The number of hydrogen-bond acceptors (Lipinski definition) is 2. The third-order valence-corrected chi connectivity index (χ3v) is 3.32. The van der Waals surface area contributed by atoms with E-state index in [0.29, 0.717) is 13.0 Å². The van der Waals surface area contributed by atoms with Gasteiger partial charge in [-0.05, 0) is 25.0 Å². The number of nitrogens with zero attached hydrogens (tertiary/aromatic N) is 1. The maximum Gasteiger partial charge on any atom is 0.239 e. The number of H-pyrrole nitrogens is 1. The molecular weight excluding hydrogens is 250 g/mol. The Kier molecular flexibility index (Phi) is 4.25. The number of fused-ring (bicyclic) bond motifs is 1. The number of rotatable bonds is 5. The molecular formula is C16H21N3O. The second-order valence-electron chi connectivity index (χ2n) is 5.32. The van der Waals surface area contributed by atoms with E-state index in [4.69, 9.17) is 5.73 Å². The van der Waals surface area contributed by atoms with Gasteiger partial charge >= 0.3 is 0 Å². The van der Waals surface area contributed by atoms with Gasteiger partial charge in [-0.1, -0.05) is 30.4 Å². The van der Waals surface area contributed by atoms with Gasteiger partial charge in [-0.2, -0.15) is 0 Å². The number of likely N-dealkylation sites (N-methyl/N-ethyl adjacent to an activating group) is 1. The molecule has 3 N–H and O–H groups in total. The van der Waals surface area contributed by atoms with Crippen molar-refractivity contribution in [2.45, 2.75) is 19.4 Å². The summed E-state index contributed by atoms with van der Waals surface area (Å²) in [5.74, 6) is -0.0571. The van der Waals surface area contributed by atoms with Crippen molar-refractivity contribution < 1.29 is 4.79 Å². The third-order valence-electron chi connectivity index (χ3n) is 3.32. The number of carbonyl (C=O) groups excluding carboxylic acids is 1. The van der Waals surface area contributed by atoms with Gasteiger partial charge in [0.25, 0.3) is 0 Å². The normalized spacial score (nSPS) is 12.3. The zero-order valence-electron chi connectivity index (χ0n) is 12.0. The summed E-state index contributed by atoms with van der Waals surface area (Å²) in [6.45, 7) is 6.25. The average Bonchev–Trinajstić information content (AvgIpc) is 2.80. The largest absolute Gasteiger partial charge is 0.361 e. The number of amides is 1. The zero-order chi connectivity index (χ0) is 14.7. The monoisotopic (exact) mass is 271 g/mol. The van der Waals surface area contributed by atoms with E-state index in [1.807, 2.05) is 37.4 Å². The Bertz CT molecular complexity index is 629. The molecule has 2 aromatic rings. The van der Waals surface area contributed by atoms with E-state index in [1.165, 1.54) is 0 Å². The number of carbonyl (C=O) groups is 1.